The maximum Gasteiger partial charge on any atom is 0.573 e. The van der Waals surface area contributed by atoms with Gasteiger partial charge in [-0.1, -0.05) is 23.7 Å². The van der Waals surface area contributed by atoms with Gasteiger partial charge in [0.1, 0.15) is 5.75 Å². The monoisotopic (exact) mass is 546 g/mol. The maximum atomic E-state index is 12.5. The summed E-state index contributed by atoms with van der Waals surface area (Å²) in [5.74, 6) is 0.0372. The van der Waals surface area contributed by atoms with E-state index in [1.807, 2.05) is 22.1 Å². The van der Waals surface area contributed by atoms with E-state index in [1.54, 1.807) is 24.3 Å². The molecule has 0 radical (unpaired) electrons. The fourth-order valence-electron chi connectivity index (χ4n) is 3.14. The van der Waals surface area contributed by atoms with Gasteiger partial charge in [0, 0.05) is 35.9 Å². The summed E-state index contributed by atoms with van der Waals surface area (Å²) in [6.07, 6.45) is -4.14. The molecule has 3 rings (SSSR count). The highest BCUT2D eigenvalue weighted by atomic mass is 35.5. The van der Waals surface area contributed by atoms with Crippen molar-refractivity contribution in [3.05, 3.63) is 69.3 Å². The van der Waals surface area contributed by atoms with Gasteiger partial charge in [-0.2, -0.15) is 0 Å². The van der Waals surface area contributed by atoms with Gasteiger partial charge in [-0.3, -0.25) is 4.99 Å². The lowest BCUT2D eigenvalue weighted by atomic mass is 10.1. The van der Waals surface area contributed by atoms with Crippen molar-refractivity contribution in [2.45, 2.75) is 25.9 Å². The first-order chi connectivity index (χ1) is 16.7. The molecule has 0 saturated heterocycles. The number of amides is 2. The van der Waals surface area contributed by atoms with Gasteiger partial charge in [0.05, 0.1) is 12.2 Å². The summed E-state index contributed by atoms with van der Waals surface area (Å²) in [6, 6.07) is 12.8. The van der Waals surface area contributed by atoms with Gasteiger partial charge in [-0.05, 0) is 53.9 Å². The minimum Gasteiger partial charge on any atom is -0.406 e. The molecular formula is C23H23Cl2F3N4O2S. The van der Waals surface area contributed by atoms with E-state index in [-0.39, 0.29) is 11.8 Å². The molecule has 12 heteroatoms. The Bertz CT molecular complexity index is 1160. The Kier molecular flexibility index (Phi) is 9.88. The third kappa shape index (κ3) is 8.79. The molecule has 0 bridgehead atoms. The number of alkyl halides is 4. The fraction of sp³-hybridized carbons (Fsp3) is 0.304. The van der Waals surface area contributed by atoms with E-state index < -0.39 is 6.36 Å². The van der Waals surface area contributed by atoms with E-state index in [0.29, 0.717) is 43.5 Å². The highest BCUT2D eigenvalue weighted by Crippen LogP contribution is 2.27. The summed E-state index contributed by atoms with van der Waals surface area (Å²) >= 11 is 12.9. The maximum absolute atomic E-state index is 12.5. The number of benzene rings is 2. The second-order valence-corrected chi connectivity index (χ2v) is 8.95. The second-order valence-electron chi connectivity index (χ2n) is 7.30. The minimum absolute atomic E-state index is 0.289. The second kappa shape index (κ2) is 12.9. The molecule has 0 atom stereocenters. The average Bonchev–Trinajstić information content (AvgIpc) is 3.22. The quantitative estimate of drug-likeness (QED) is 0.249. The van der Waals surface area contributed by atoms with Gasteiger partial charge >= 0.3 is 12.4 Å². The number of carbonyl (C=O) groups excluding carboxylic acids is 1. The number of nitrogens with one attached hydrogen (secondary N) is 2. The third-order valence-corrected chi connectivity index (χ3v) is 6.06. The zero-order valence-corrected chi connectivity index (χ0v) is 20.8. The van der Waals surface area contributed by atoms with Gasteiger partial charge < -0.3 is 19.9 Å². The molecule has 1 aromatic heterocycles. The first kappa shape index (κ1) is 26.9. The topological polar surface area (TPSA) is 67.7 Å². The molecule has 6 nitrogen and oxygen atoms in total. The van der Waals surface area contributed by atoms with E-state index in [2.05, 4.69) is 15.4 Å². The van der Waals surface area contributed by atoms with Crippen molar-refractivity contribution in [1.29, 1.82) is 0 Å². The Hall–Kier alpha value is -2.69. The summed E-state index contributed by atoms with van der Waals surface area (Å²) in [4.78, 5) is 17.2. The van der Waals surface area contributed by atoms with Crippen LogP contribution < -0.4 is 20.2 Å². The molecule has 0 saturated carbocycles. The van der Waals surface area contributed by atoms with Gasteiger partial charge in [-0.25, -0.2) is 4.79 Å². The number of halogens is 5. The number of hydrogen-bond donors (Lipinski definition) is 2. The number of urea groups is 1. The molecule has 1 heterocycles. The van der Waals surface area contributed by atoms with Crippen molar-refractivity contribution >= 4 is 40.6 Å². The van der Waals surface area contributed by atoms with Crippen LogP contribution in [0.25, 0.3) is 11.3 Å². The van der Waals surface area contributed by atoms with Crippen LogP contribution in [0.1, 0.15) is 12.0 Å². The van der Waals surface area contributed by atoms with Crippen molar-refractivity contribution in [2.24, 2.45) is 4.99 Å². The number of rotatable bonds is 10. The predicted octanol–water partition coefficient (Wildman–Crippen LogP) is 5.80. The molecule has 2 amide bonds. The summed E-state index contributed by atoms with van der Waals surface area (Å²) in [5, 5.41) is 7.94. The zero-order chi connectivity index (χ0) is 25.3. The number of carbonyl (C=O) groups is 1. The number of hydrogen-bond acceptors (Lipinski definition) is 4. The van der Waals surface area contributed by atoms with Crippen LogP contribution in [0, 0.1) is 0 Å². The molecule has 0 aliphatic heterocycles. The lowest BCUT2D eigenvalue weighted by Gasteiger charge is -2.12. The lowest BCUT2D eigenvalue weighted by molar-refractivity contribution is -0.274. The van der Waals surface area contributed by atoms with Crippen LogP contribution in [0.3, 0.4) is 0 Å². The summed E-state index contributed by atoms with van der Waals surface area (Å²) < 4.78 is 43.4. The largest absolute Gasteiger partial charge is 0.573 e. The van der Waals surface area contributed by atoms with Gasteiger partial charge in [-0.15, -0.1) is 36.1 Å². The molecule has 2 N–H and O–H groups in total. The molecule has 2 aromatic carbocycles. The molecule has 0 unspecified atom stereocenters. The zero-order valence-electron chi connectivity index (χ0n) is 18.4. The number of aromatic nitrogens is 1. The molecule has 0 aliphatic rings. The Morgan fingerprint density at radius 1 is 1.06 bits per heavy atom. The number of thiazole rings is 1. The SMILES string of the molecule is O=C(NCCCl)NCCCn1c(-c2ccc(OC(F)(F)F)cc2)csc1=NCc1ccc(Cl)cc1. The molecule has 188 valence electrons. The van der Waals surface area contributed by atoms with Crippen molar-refractivity contribution < 1.29 is 22.7 Å². The van der Waals surface area contributed by atoms with E-state index in [9.17, 15) is 18.0 Å². The first-order valence-corrected chi connectivity index (χ1v) is 12.4. The predicted molar refractivity (Wildman–Crippen MR) is 132 cm³/mol. The highest BCUT2D eigenvalue weighted by Gasteiger charge is 2.31. The fourth-order valence-corrected chi connectivity index (χ4v) is 4.30. The molecule has 0 spiro atoms. The first-order valence-electron chi connectivity index (χ1n) is 10.6. The van der Waals surface area contributed by atoms with Crippen LogP contribution >= 0.6 is 34.5 Å². The van der Waals surface area contributed by atoms with E-state index >= 15 is 0 Å². The third-order valence-electron chi connectivity index (χ3n) is 4.72. The van der Waals surface area contributed by atoms with Gasteiger partial charge in [0.15, 0.2) is 4.80 Å². The van der Waals surface area contributed by atoms with E-state index in [4.69, 9.17) is 28.2 Å². The van der Waals surface area contributed by atoms with Gasteiger partial charge in [0.25, 0.3) is 0 Å². The van der Waals surface area contributed by atoms with E-state index in [0.717, 1.165) is 21.6 Å². The summed E-state index contributed by atoms with van der Waals surface area (Å²) in [5.41, 5.74) is 2.51. The van der Waals surface area contributed by atoms with Crippen LogP contribution in [0.15, 0.2) is 58.9 Å². The Balaban J connectivity index is 1.79. The molecular weight excluding hydrogens is 524 g/mol. The summed E-state index contributed by atoms with van der Waals surface area (Å²) in [7, 11) is 0. The smallest absolute Gasteiger partial charge is 0.406 e. The highest BCUT2D eigenvalue weighted by molar-refractivity contribution is 7.07. The van der Waals surface area contributed by atoms with Crippen molar-refractivity contribution in [3.63, 3.8) is 0 Å². The minimum atomic E-state index is -4.75. The van der Waals surface area contributed by atoms with Crippen molar-refractivity contribution in [2.75, 3.05) is 19.0 Å². The van der Waals surface area contributed by atoms with Gasteiger partial charge in [0.2, 0.25) is 0 Å². The Morgan fingerprint density at radius 2 is 1.74 bits per heavy atom. The average molecular weight is 547 g/mol. The van der Waals surface area contributed by atoms with Crippen LogP contribution in [-0.2, 0) is 13.1 Å². The van der Waals surface area contributed by atoms with Crippen LogP contribution in [0.2, 0.25) is 5.02 Å². The number of ether oxygens (including phenoxy) is 1. The molecule has 35 heavy (non-hydrogen) atoms. The van der Waals surface area contributed by atoms with Crippen LogP contribution in [0.5, 0.6) is 5.75 Å². The van der Waals surface area contributed by atoms with Crippen LogP contribution in [-0.4, -0.2) is 35.9 Å². The standard InChI is InChI=1S/C23H23Cl2F3N4O2S/c24-10-12-30-21(33)29-11-1-13-32-20(17-4-8-19(9-5-17)34-23(26,27)28)15-35-22(32)31-14-16-2-6-18(25)7-3-16/h2-9,15H,1,10-14H2,(H2,29,30,33). The van der Waals surface area contributed by atoms with Crippen LogP contribution in [0.4, 0.5) is 18.0 Å². The van der Waals surface area contributed by atoms with Crippen molar-refractivity contribution in [3.8, 4) is 17.0 Å². The normalized spacial score (nSPS) is 12.0. The summed E-state index contributed by atoms with van der Waals surface area (Å²) in [6.45, 7) is 1.77. The number of nitrogens with zero attached hydrogens (tertiary/aromatic N) is 2. The Labute approximate surface area is 214 Å². The van der Waals surface area contributed by atoms with Crippen molar-refractivity contribution in [1.82, 2.24) is 15.2 Å². The molecule has 0 aliphatic carbocycles. The lowest BCUT2D eigenvalue weighted by Crippen LogP contribution is -2.37. The Morgan fingerprint density at radius 3 is 2.40 bits per heavy atom. The van der Waals surface area contributed by atoms with E-state index in [1.165, 1.54) is 23.5 Å². The molecule has 0 fully saturated rings. The molecule has 3 aromatic rings.